The minimum Gasteiger partial charge on any atom is -0.493 e. The number of nitrogens with two attached hydrogens (primary N) is 1. The maximum absolute atomic E-state index is 5.65. The predicted molar refractivity (Wildman–Crippen MR) is 57.7 cm³/mol. The predicted octanol–water partition coefficient (Wildman–Crippen LogP) is 2.07. The molecule has 0 radical (unpaired) electrons. The Kier molecular flexibility index (Phi) is 2.73. The van der Waals surface area contributed by atoms with Crippen LogP contribution in [-0.2, 0) is 6.42 Å². The molecule has 2 N–H and O–H groups in total. The van der Waals surface area contributed by atoms with Gasteiger partial charge in [-0.2, -0.15) is 0 Å². The molecule has 0 bridgehead atoms. The lowest BCUT2D eigenvalue weighted by molar-refractivity contribution is 0.288. The van der Waals surface area contributed by atoms with Crippen molar-refractivity contribution in [1.29, 1.82) is 0 Å². The highest BCUT2D eigenvalue weighted by Crippen LogP contribution is 2.27. The summed E-state index contributed by atoms with van der Waals surface area (Å²) in [5, 5.41) is 0. The molecule has 2 heteroatoms. The van der Waals surface area contributed by atoms with Crippen molar-refractivity contribution in [3.05, 3.63) is 29.3 Å². The first-order valence-electron chi connectivity index (χ1n) is 5.27. The summed E-state index contributed by atoms with van der Waals surface area (Å²) < 4.78 is 5.56. The molecular weight excluding hydrogens is 174 g/mol. The molecule has 1 aromatic carbocycles. The zero-order chi connectivity index (χ0) is 9.97. The van der Waals surface area contributed by atoms with E-state index < -0.39 is 0 Å². The molecule has 0 spiro atoms. The van der Waals surface area contributed by atoms with Crippen molar-refractivity contribution in [3.8, 4) is 5.75 Å². The van der Waals surface area contributed by atoms with Crippen LogP contribution in [0.1, 0.15) is 30.4 Å². The van der Waals surface area contributed by atoms with Gasteiger partial charge in [-0.05, 0) is 42.5 Å². The third kappa shape index (κ3) is 1.75. The quantitative estimate of drug-likeness (QED) is 0.776. The third-order valence-corrected chi connectivity index (χ3v) is 2.86. The number of hydrogen-bond donors (Lipinski definition) is 1. The fraction of sp³-hybridized carbons (Fsp3) is 0.500. The van der Waals surface area contributed by atoms with E-state index in [1.807, 2.05) is 0 Å². The van der Waals surface area contributed by atoms with Crippen molar-refractivity contribution in [2.45, 2.75) is 25.7 Å². The van der Waals surface area contributed by atoms with Gasteiger partial charge in [0, 0.05) is 0 Å². The first-order chi connectivity index (χ1) is 6.81. The topological polar surface area (TPSA) is 35.2 Å². The van der Waals surface area contributed by atoms with E-state index in [0.29, 0.717) is 12.5 Å². The van der Waals surface area contributed by atoms with E-state index in [9.17, 15) is 0 Å². The van der Waals surface area contributed by atoms with Crippen molar-refractivity contribution in [3.63, 3.8) is 0 Å². The summed E-state index contributed by atoms with van der Waals surface area (Å²) in [6, 6.07) is 6.45. The average Bonchev–Trinajstić information content (AvgIpc) is 2.27. The lowest BCUT2D eigenvalue weighted by atomic mass is 9.96. The zero-order valence-corrected chi connectivity index (χ0v) is 8.62. The van der Waals surface area contributed by atoms with Crippen molar-refractivity contribution >= 4 is 0 Å². The Labute approximate surface area is 85.1 Å². The van der Waals surface area contributed by atoms with Gasteiger partial charge < -0.3 is 10.5 Å². The number of rotatable bonds is 2. The van der Waals surface area contributed by atoms with Crippen molar-refractivity contribution in [1.82, 2.24) is 0 Å². The Morgan fingerprint density at radius 2 is 2.36 bits per heavy atom. The van der Waals surface area contributed by atoms with Crippen LogP contribution in [0.5, 0.6) is 5.75 Å². The van der Waals surface area contributed by atoms with Gasteiger partial charge >= 0.3 is 0 Å². The summed E-state index contributed by atoms with van der Waals surface area (Å²) in [5.74, 6) is 1.51. The molecule has 1 aliphatic heterocycles. The summed E-state index contributed by atoms with van der Waals surface area (Å²) in [5.41, 5.74) is 8.32. The highest BCUT2D eigenvalue weighted by molar-refractivity contribution is 5.39. The van der Waals surface area contributed by atoms with E-state index in [1.165, 1.54) is 11.1 Å². The molecular formula is C12H17NO. The molecule has 0 unspecified atom stereocenters. The van der Waals surface area contributed by atoms with Crippen LogP contribution in [0.25, 0.3) is 0 Å². The second kappa shape index (κ2) is 4.01. The van der Waals surface area contributed by atoms with Crippen LogP contribution in [0.4, 0.5) is 0 Å². The maximum atomic E-state index is 5.65. The first-order valence-corrected chi connectivity index (χ1v) is 5.27. The molecule has 0 saturated heterocycles. The average molecular weight is 191 g/mol. The summed E-state index contributed by atoms with van der Waals surface area (Å²) in [7, 11) is 0. The summed E-state index contributed by atoms with van der Waals surface area (Å²) in [6.45, 7) is 3.73. The minimum atomic E-state index is 0.447. The Morgan fingerprint density at radius 1 is 1.50 bits per heavy atom. The molecule has 1 heterocycles. The molecule has 14 heavy (non-hydrogen) atoms. The fourth-order valence-electron chi connectivity index (χ4n) is 1.82. The Morgan fingerprint density at radius 3 is 3.14 bits per heavy atom. The van der Waals surface area contributed by atoms with E-state index in [4.69, 9.17) is 10.5 Å². The van der Waals surface area contributed by atoms with E-state index in [0.717, 1.165) is 25.2 Å². The highest BCUT2D eigenvalue weighted by Gasteiger charge is 2.12. The maximum Gasteiger partial charge on any atom is 0.122 e. The van der Waals surface area contributed by atoms with Gasteiger partial charge in [0.25, 0.3) is 0 Å². The van der Waals surface area contributed by atoms with Gasteiger partial charge in [0.1, 0.15) is 5.75 Å². The Bertz CT molecular complexity index is 322. The molecule has 2 rings (SSSR count). The number of ether oxygens (including phenoxy) is 1. The number of hydrogen-bond acceptors (Lipinski definition) is 2. The smallest absolute Gasteiger partial charge is 0.122 e. The molecule has 0 aromatic heterocycles. The van der Waals surface area contributed by atoms with E-state index in [-0.39, 0.29) is 0 Å². The SMILES string of the molecule is C[C@H](CN)c1ccc2c(c1)CCCO2. The van der Waals surface area contributed by atoms with Crippen LogP contribution in [-0.4, -0.2) is 13.2 Å². The van der Waals surface area contributed by atoms with Crippen LogP contribution >= 0.6 is 0 Å². The lowest BCUT2D eigenvalue weighted by Gasteiger charge is -2.19. The molecule has 0 fully saturated rings. The number of benzene rings is 1. The fourth-order valence-corrected chi connectivity index (χ4v) is 1.82. The summed E-state index contributed by atoms with van der Waals surface area (Å²) >= 11 is 0. The summed E-state index contributed by atoms with van der Waals surface area (Å²) in [6.07, 6.45) is 2.27. The molecule has 0 saturated carbocycles. The van der Waals surface area contributed by atoms with Gasteiger partial charge in [-0.15, -0.1) is 0 Å². The zero-order valence-electron chi connectivity index (χ0n) is 8.62. The highest BCUT2D eigenvalue weighted by atomic mass is 16.5. The van der Waals surface area contributed by atoms with Crippen LogP contribution in [0.2, 0.25) is 0 Å². The standard InChI is InChI=1S/C12H17NO/c1-9(8-13)10-4-5-12-11(7-10)3-2-6-14-12/h4-5,7,9H,2-3,6,8,13H2,1H3/t9-/m1/s1. The minimum absolute atomic E-state index is 0.447. The number of fused-ring (bicyclic) bond motifs is 1. The number of aryl methyl sites for hydroxylation is 1. The van der Waals surface area contributed by atoms with Gasteiger partial charge in [0.05, 0.1) is 6.61 Å². The molecule has 1 aromatic rings. The van der Waals surface area contributed by atoms with E-state index in [2.05, 4.69) is 25.1 Å². The second-order valence-electron chi connectivity index (χ2n) is 3.96. The Hall–Kier alpha value is -1.02. The van der Waals surface area contributed by atoms with E-state index in [1.54, 1.807) is 0 Å². The van der Waals surface area contributed by atoms with Gasteiger partial charge in [-0.3, -0.25) is 0 Å². The monoisotopic (exact) mass is 191 g/mol. The van der Waals surface area contributed by atoms with Crippen LogP contribution < -0.4 is 10.5 Å². The van der Waals surface area contributed by atoms with Gasteiger partial charge in [-0.1, -0.05) is 19.1 Å². The van der Waals surface area contributed by atoms with Crippen LogP contribution in [0.15, 0.2) is 18.2 Å². The molecule has 76 valence electrons. The molecule has 0 amide bonds. The summed E-state index contributed by atoms with van der Waals surface area (Å²) in [4.78, 5) is 0. The molecule has 1 atom stereocenters. The second-order valence-corrected chi connectivity index (χ2v) is 3.96. The van der Waals surface area contributed by atoms with Crippen LogP contribution in [0.3, 0.4) is 0 Å². The van der Waals surface area contributed by atoms with Crippen molar-refractivity contribution < 1.29 is 4.74 Å². The largest absolute Gasteiger partial charge is 0.493 e. The molecule has 0 aliphatic carbocycles. The van der Waals surface area contributed by atoms with Crippen LogP contribution in [0, 0.1) is 0 Å². The van der Waals surface area contributed by atoms with Crippen molar-refractivity contribution in [2.24, 2.45) is 5.73 Å². The van der Waals surface area contributed by atoms with Gasteiger partial charge in [-0.25, -0.2) is 0 Å². The Balaban J connectivity index is 2.29. The normalized spacial score (nSPS) is 17.0. The molecule has 2 nitrogen and oxygen atoms in total. The van der Waals surface area contributed by atoms with Gasteiger partial charge in [0.2, 0.25) is 0 Å². The van der Waals surface area contributed by atoms with Crippen molar-refractivity contribution in [2.75, 3.05) is 13.2 Å². The lowest BCUT2D eigenvalue weighted by Crippen LogP contribution is -2.12. The first kappa shape index (κ1) is 9.53. The van der Waals surface area contributed by atoms with Gasteiger partial charge in [0.15, 0.2) is 0 Å². The third-order valence-electron chi connectivity index (χ3n) is 2.86. The molecule has 1 aliphatic rings. The van der Waals surface area contributed by atoms with E-state index >= 15 is 0 Å².